The highest BCUT2D eigenvalue weighted by molar-refractivity contribution is 5.79. The van der Waals surface area contributed by atoms with Crippen LogP contribution in [0.4, 0.5) is 8.78 Å². The predicted octanol–water partition coefficient (Wildman–Crippen LogP) is 2.03. The highest BCUT2D eigenvalue weighted by Crippen LogP contribution is 2.24. The number of rotatable bonds is 5. The summed E-state index contributed by atoms with van der Waals surface area (Å²) in [4.78, 5) is 11.9. The minimum Gasteiger partial charge on any atom is -0.435 e. The molecule has 1 aromatic carbocycles. The molecule has 0 aliphatic heterocycles. The third kappa shape index (κ3) is 3.90. The number of benzene rings is 1. The molecule has 0 bridgehead atoms. The Morgan fingerprint density at radius 3 is 2.60 bits per heavy atom. The van der Waals surface area contributed by atoms with Crippen LogP contribution in [0.25, 0.3) is 0 Å². The number of ether oxygens (including phenoxy) is 1. The summed E-state index contributed by atoms with van der Waals surface area (Å²) in [5.41, 5.74) is 6.69. The number of amides is 1. The molecule has 20 heavy (non-hydrogen) atoms. The first-order valence-electron chi connectivity index (χ1n) is 6.63. The van der Waals surface area contributed by atoms with Crippen LogP contribution in [0.2, 0.25) is 0 Å². The Morgan fingerprint density at radius 1 is 1.35 bits per heavy atom. The van der Waals surface area contributed by atoms with Crippen molar-refractivity contribution in [1.82, 2.24) is 5.32 Å². The topological polar surface area (TPSA) is 64.4 Å². The Bertz CT molecular complexity index is 451. The molecule has 0 heterocycles. The lowest BCUT2D eigenvalue weighted by atomic mass is 10.0. The van der Waals surface area contributed by atoms with Crippen molar-refractivity contribution in [2.45, 2.75) is 38.5 Å². The van der Waals surface area contributed by atoms with E-state index in [1.807, 2.05) is 0 Å². The molecule has 1 aliphatic rings. The number of halogens is 2. The molecular weight excluding hydrogens is 266 g/mol. The number of hydrogen-bond acceptors (Lipinski definition) is 3. The first kappa shape index (κ1) is 14.7. The molecule has 0 spiro atoms. The summed E-state index contributed by atoms with van der Waals surface area (Å²) in [5, 5.41) is 2.82. The zero-order chi connectivity index (χ0) is 14.5. The van der Waals surface area contributed by atoms with Gasteiger partial charge in [-0.2, -0.15) is 8.78 Å². The molecule has 1 aliphatic carbocycles. The average molecular weight is 284 g/mol. The van der Waals surface area contributed by atoms with Crippen molar-refractivity contribution < 1.29 is 18.3 Å². The number of carbonyl (C=O) groups excluding carboxylic acids is 1. The van der Waals surface area contributed by atoms with Crippen LogP contribution in [0.1, 0.15) is 24.8 Å². The van der Waals surface area contributed by atoms with E-state index in [0.717, 1.165) is 24.8 Å². The van der Waals surface area contributed by atoms with Crippen molar-refractivity contribution in [3.8, 4) is 5.75 Å². The Morgan fingerprint density at radius 2 is 2.05 bits per heavy atom. The second kappa shape index (κ2) is 6.65. The zero-order valence-electron chi connectivity index (χ0n) is 11.0. The van der Waals surface area contributed by atoms with Gasteiger partial charge in [0.15, 0.2) is 0 Å². The molecule has 1 amide bonds. The molecule has 6 heteroatoms. The van der Waals surface area contributed by atoms with Crippen molar-refractivity contribution in [1.29, 1.82) is 0 Å². The van der Waals surface area contributed by atoms with Gasteiger partial charge < -0.3 is 15.8 Å². The summed E-state index contributed by atoms with van der Waals surface area (Å²) in [5.74, 6) is -0.0489. The molecule has 1 fully saturated rings. The van der Waals surface area contributed by atoms with Gasteiger partial charge in [0.05, 0.1) is 5.92 Å². The van der Waals surface area contributed by atoms with E-state index in [1.165, 1.54) is 12.1 Å². The normalized spacial score (nSPS) is 22.0. The summed E-state index contributed by atoms with van der Waals surface area (Å²) in [6.07, 6.45) is 2.70. The number of nitrogens with two attached hydrogens (primary N) is 1. The van der Waals surface area contributed by atoms with Crippen LogP contribution in [-0.2, 0) is 11.3 Å². The third-order valence-electron chi connectivity index (χ3n) is 3.52. The molecule has 1 saturated carbocycles. The van der Waals surface area contributed by atoms with Crippen molar-refractivity contribution >= 4 is 5.91 Å². The standard InChI is InChI=1S/C14H18F2N2O2/c15-14(16)20-10-6-4-9(5-7-10)8-18-13(19)11-2-1-3-12(11)17/h4-7,11-12,14H,1-3,8,17H2,(H,18,19). The average Bonchev–Trinajstić information content (AvgIpc) is 2.83. The van der Waals surface area contributed by atoms with Crippen molar-refractivity contribution in [2.24, 2.45) is 11.7 Å². The van der Waals surface area contributed by atoms with Gasteiger partial charge in [0.2, 0.25) is 5.91 Å². The van der Waals surface area contributed by atoms with Crippen LogP contribution in [0, 0.1) is 5.92 Å². The quantitative estimate of drug-likeness (QED) is 0.869. The molecule has 4 nitrogen and oxygen atoms in total. The van der Waals surface area contributed by atoms with Crippen LogP contribution in [0.5, 0.6) is 5.75 Å². The van der Waals surface area contributed by atoms with Crippen LogP contribution < -0.4 is 15.8 Å². The van der Waals surface area contributed by atoms with Crippen LogP contribution in [0.3, 0.4) is 0 Å². The summed E-state index contributed by atoms with van der Waals surface area (Å²) in [7, 11) is 0. The van der Waals surface area contributed by atoms with E-state index < -0.39 is 6.61 Å². The minimum absolute atomic E-state index is 0.0390. The molecule has 2 rings (SSSR count). The van der Waals surface area contributed by atoms with Crippen LogP contribution in [0.15, 0.2) is 24.3 Å². The van der Waals surface area contributed by atoms with Gasteiger partial charge in [0.1, 0.15) is 5.75 Å². The van der Waals surface area contributed by atoms with Crippen molar-refractivity contribution in [3.05, 3.63) is 29.8 Å². The summed E-state index contributed by atoms with van der Waals surface area (Å²) in [6, 6.07) is 6.14. The lowest BCUT2D eigenvalue weighted by molar-refractivity contribution is -0.125. The Labute approximate surface area is 116 Å². The smallest absolute Gasteiger partial charge is 0.387 e. The summed E-state index contributed by atoms with van der Waals surface area (Å²) in [6.45, 7) is -2.47. The van der Waals surface area contributed by atoms with Gasteiger partial charge in [0, 0.05) is 12.6 Å². The first-order valence-corrected chi connectivity index (χ1v) is 6.63. The van der Waals surface area contributed by atoms with E-state index in [2.05, 4.69) is 10.1 Å². The molecule has 2 unspecified atom stereocenters. The molecule has 0 saturated heterocycles. The lowest BCUT2D eigenvalue weighted by Gasteiger charge is -2.15. The molecule has 1 aromatic rings. The second-order valence-electron chi connectivity index (χ2n) is 4.94. The highest BCUT2D eigenvalue weighted by Gasteiger charge is 2.29. The Balaban J connectivity index is 1.83. The number of carbonyl (C=O) groups is 1. The van der Waals surface area contributed by atoms with Crippen molar-refractivity contribution in [2.75, 3.05) is 0 Å². The van der Waals surface area contributed by atoms with Gasteiger partial charge in [0.25, 0.3) is 0 Å². The maximum Gasteiger partial charge on any atom is 0.387 e. The van der Waals surface area contributed by atoms with Gasteiger partial charge in [-0.25, -0.2) is 0 Å². The fourth-order valence-corrected chi connectivity index (χ4v) is 2.42. The lowest BCUT2D eigenvalue weighted by Crippen LogP contribution is -2.38. The maximum absolute atomic E-state index is 12.0. The van der Waals surface area contributed by atoms with Crippen LogP contribution in [-0.4, -0.2) is 18.6 Å². The van der Waals surface area contributed by atoms with Gasteiger partial charge in [-0.15, -0.1) is 0 Å². The molecular formula is C14H18F2N2O2. The predicted molar refractivity (Wildman–Crippen MR) is 70.2 cm³/mol. The van der Waals surface area contributed by atoms with Gasteiger partial charge >= 0.3 is 6.61 Å². The van der Waals surface area contributed by atoms with Gasteiger partial charge in [-0.1, -0.05) is 18.6 Å². The van der Waals surface area contributed by atoms with E-state index >= 15 is 0 Å². The SMILES string of the molecule is NC1CCCC1C(=O)NCc1ccc(OC(F)F)cc1. The molecule has 0 radical (unpaired) electrons. The number of nitrogens with one attached hydrogen (secondary N) is 1. The summed E-state index contributed by atoms with van der Waals surface area (Å²) < 4.78 is 28.2. The number of hydrogen-bond donors (Lipinski definition) is 2. The van der Waals surface area contributed by atoms with E-state index in [9.17, 15) is 13.6 Å². The van der Waals surface area contributed by atoms with Crippen molar-refractivity contribution in [3.63, 3.8) is 0 Å². The maximum atomic E-state index is 12.0. The first-order chi connectivity index (χ1) is 9.56. The minimum atomic E-state index is -2.83. The molecule has 110 valence electrons. The van der Waals surface area contributed by atoms with E-state index in [1.54, 1.807) is 12.1 Å². The Kier molecular flexibility index (Phi) is 4.89. The second-order valence-corrected chi connectivity index (χ2v) is 4.94. The van der Waals surface area contributed by atoms with Crippen LogP contribution >= 0.6 is 0 Å². The molecule has 3 N–H and O–H groups in total. The molecule has 2 atom stereocenters. The van der Waals surface area contributed by atoms with Gasteiger partial charge in [-0.3, -0.25) is 4.79 Å². The summed E-state index contributed by atoms with van der Waals surface area (Å²) >= 11 is 0. The third-order valence-corrected chi connectivity index (χ3v) is 3.52. The highest BCUT2D eigenvalue weighted by atomic mass is 19.3. The number of alkyl halides is 2. The largest absolute Gasteiger partial charge is 0.435 e. The van der Waals surface area contributed by atoms with E-state index in [-0.39, 0.29) is 23.6 Å². The monoisotopic (exact) mass is 284 g/mol. The fourth-order valence-electron chi connectivity index (χ4n) is 2.42. The fraction of sp³-hybridized carbons (Fsp3) is 0.500. The van der Waals surface area contributed by atoms with E-state index in [0.29, 0.717) is 6.54 Å². The van der Waals surface area contributed by atoms with Gasteiger partial charge in [-0.05, 0) is 30.5 Å². The Hall–Kier alpha value is -1.69. The zero-order valence-corrected chi connectivity index (χ0v) is 11.0. The van der Waals surface area contributed by atoms with E-state index in [4.69, 9.17) is 5.73 Å². The molecule has 0 aromatic heterocycles.